The number of hydrogen-bond acceptors (Lipinski definition) is 2. The Morgan fingerprint density at radius 1 is 1.37 bits per heavy atom. The van der Waals surface area contributed by atoms with Crippen LogP contribution in [-0.4, -0.2) is 40.6 Å². The molecule has 0 saturated carbocycles. The standard InChI is InChI=1S/C14H26N2O3/c1-4-7-11-8-5-6-9-16(11)14(19)15-12(10(2)3)13(17)18/h10-12H,4-9H2,1-3H3,(H,15,19)(H,17,18)/t11?,12-/m0/s1. The van der Waals surface area contributed by atoms with Crippen LogP contribution in [0.3, 0.4) is 0 Å². The highest BCUT2D eigenvalue weighted by atomic mass is 16.4. The van der Waals surface area contributed by atoms with Crippen LogP contribution in [0.5, 0.6) is 0 Å². The minimum Gasteiger partial charge on any atom is -0.480 e. The first kappa shape index (κ1) is 15.8. The van der Waals surface area contributed by atoms with Crippen LogP contribution in [0.25, 0.3) is 0 Å². The molecule has 1 aliphatic heterocycles. The number of carbonyl (C=O) groups excluding carboxylic acids is 1. The number of urea groups is 1. The molecule has 19 heavy (non-hydrogen) atoms. The van der Waals surface area contributed by atoms with Crippen molar-refractivity contribution in [1.82, 2.24) is 10.2 Å². The molecular weight excluding hydrogens is 244 g/mol. The molecule has 1 saturated heterocycles. The highest BCUT2D eigenvalue weighted by molar-refractivity contribution is 5.83. The number of rotatable bonds is 5. The molecule has 2 atom stereocenters. The summed E-state index contributed by atoms with van der Waals surface area (Å²) in [5, 5.41) is 11.8. The second-order valence-electron chi connectivity index (χ2n) is 5.64. The summed E-state index contributed by atoms with van der Waals surface area (Å²) in [4.78, 5) is 25.2. The molecule has 2 N–H and O–H groups in total. The van der Waals surface area contributed by atoms with Crippen molar-refractivity contribution in [1.29, 1.82) is 0 Å². The van der Waals surface area contributed by atoms with E-state index in [1.165, 1.54) is 0 Å². The molecule has 5 nitrogen and oxygen atoms in total. The first-order valence-electron chi connectivity index (χ1n) is 7.27. The summed E-state index contributed by atoms with van der Waals surface area (Å²) < 4.78 is 0. The van der Waals surface area contributed by atoms with Crippen LogP contribution in [0.1, 0.15) is 52.9 Å². The van der Waals surface area contributed by atoms with Crippen molar-refractivity contribution >= 4 is 12.0 Å². The molecule has 1 unspecified atom stereocenters. The minimum atomic E-state index is -0.965. The van der Waals surface area contributed by atoms with Crippen LogP contribution < -0.4 is 5.32 Å². The monoisotopic (exact) mass is 270 g/mol. The predicted octanol–water partition coefficient (Wildman–Crippen LogP) is 2.46. The van der Waals surface area contributed by atoms with Gasteiger partial charge in [-0.1, -0.05) is 27.2 Å². The van der Waals surface area contributed by atoms with Crippen LogP contribution in [0.4, 0.5) is 4.79 Å². The van der Waals surface area contributed by atoms with Crippen LogP contribution >= 0.6 is 0 Å². The molecule has 1 heterocycles. The van der Waals surface area contributed by atoms with Crippen molar-refractivity contribution in [3.8, 4) is 0 Å². The Morgan fingerprint density at radius 2 is 2.05 bits per heavy atom. The van der Waals surface area contributed by atoms with Gasteiger partial charge in [0.1, 0.15) is 6.04 Å². The van der Waals surface area contributed by atoms with Gasteiger partial charge in [-0.25, -0.2) is 9.59 Å². The molecule has 1 rings (SSSR count). The van der Waals surface area contributed by atoms with Gasteiger partial charge < -0.3 is 15.3 Å². The zero-order valence-corrected chi connectivity index (χ0v) is 12.2. The van der Waals surface area contributed by atoms with Gasteiger partial charge in [0.05, 0.1) is 0 Å². The van der Waals surface area contributed by atoms with Crippen molar-refractivity contribution in [3.05, 3.63) is 0 Å². The summed E-state index contributed by atoms with van der Waals surface area (Å²) in [6, 6.07) is -0.767. The Kier molecular flexibility index (Phi) is 6.12. The summed E-state index contributed by atoms with van der Waals surface area (Å²) in [7, 11) is 0. The van der Waals surface area contributed by atoms with Crippen molar-refractivity contribution < 1.29 is 14.7 Å². The molecule has 1 aliphatic rings. The van der Waals surface area contributed by atoms with Crippen LogP contribution in [0.2, 0.25) is 0 Å². The molecule has 0 aromatic carbocycles. The largest absolute Gasteiger partial charge is 0.480 e. The Hall–Kier alpha value is -1.26. The summed E-state index contributed by atoms with van der Waals surface area (Å²) in [5.74, 6) is -1.08. The van der Waals surface area contributed by atoms with Crippen LogP contribution in [0.15, 0.2) is 0 Å². The maximum absolute atomic E-state index is 12.3. The molecule has 0 spiro atoms. The number of hydrogen-bond donors (Lipinski definition) is 2. The van der Waals surface area contributed by atoms with Crippen molar-refractivity contribution in [2.45, 2.75) is 65.0 Å². The Bertz CT molecular complexity index is 316. The molecule has 0 aromatic rings. The van der Waals surface area contributed by atoms with Crippen LogP contribution in [0, 0.1) is 5.92 Å². The Balaban J connectivity index is 2.66. The SMILES string of the molecule is CCCC1CCCCN1C(=O)N[C@H](C(=O)O)C(C)C. The Morgan fingerprint density at radius 3 is 2.58 bits per heavy atom. The number of nitrogens with one attached hydrogen (secondary N) is 1. The zero-order chi connectivity index (χ0) is 14.4. The average molecular weight is 270 g/mol. The maximum Gasteiger partial charge on any atom is 0.326 e. The van der Waals surface area contributed by atoms with E-state index < -0.39 is 12.0 Å². The van der Waals surface area contributed by atoms with Gasteiger partial charge in [0, 0.05) is 12.6 Å². The third-order valence-corrected chi connectivity index (χ3v) is 3.72. The van der Waals surface area contributed by atoms with Gasteiger partial charge in [-0.3, -0.25) is 0 Å². The second-order valence-corrected chi connectivity index (χ2v) is 5.64. The van der Waals surface area contributed by atoms with E-state index in [2.05, 4.69) is 12.2 Å². The van der Waals surface area contributed by atoms with Crippen molar-refractivity contribution in [2.24, 2.45) is 5.92 Å². The molecule has 2 amide bonds. The lowest BCUT2D eigenvalue weighted by atomic mass is 9.98. The number of nitrogens with zero attached hydrogens (tertiary/aromatic N) is 1. The maximum atomic E-state index is 12.3. The fraction of sp³-hybridized carbons (Fsp3) is 0.857. The molecule has 1 fully saturated rings. The lowest BCUT2D eigenvalue weighted by Crippen LogP contribution is -2.54. The summed E-state index contributed by atoms with van der Waals surface area (Å²) >= 11 is 0. The van der Waals surface area contributed by atoms with Gasteiger partial charge in [-0.05, 0) is 31.6 Å². The predicted molar refractivity (Wildman–Crippen MR) is 74.0 cm³/mol. The first-order chi connectivity index (χ1) is 8.97. The first-order valence-corrected chi connectivity index (χ1v) is 7.27. The minimum absolute atomic E-state index is 0.115. The number of amides is 2. The van der Waals surface area contributed by atoms with Crippen LogP contribution in [-0.2, 0) is 4.79 Å². The van der Waals surface area contributed by atoms with E-state index in [9.17, 15) is 9.59 Å². The molecule has 110 valence electrons. The van der Waals surface area contributed by atoms with Crippen molar-refractivity contribution in [2.75, 3.05) is 6.54 Å². The third-order valence-electron chi connectivity index (χ3n) is 3.72. The van der Waals surface area contributed by atoms with E-state index in [0.717, 1.165) is 38.6 Å². The molecular formula is C14H26N2O3. The number of carbonyl (C=O) groups is 2. The van der Waals surface area contributed by atoms with E-state index in [1.807, 2.05) is 4.90 Å². The average Bonchev–Trinajstić information content (AvgIpc) is 2.36. The van der Waals surface area contributed by atoms with E-state index in [0.29, 0.717) is 0 Å². The van der Waals surface area contributed by atoms with Gasteiger partial charge in [-0.2, -0.15) is 0 Å². The lowest BCUT2D eigenvalue weighted by molar-refractivity contribution is -0.140. The fourth-order valence-electron chi connectivity index (χ4n) is 2.63. The molecule has 0 aromatic heterocycles. The number of carboxylic acid groups (broad SMARTS) is 1. The van der Waals surface area contributed by atoms with E-state index in [-0.39, 0.29) is 18.0 Å². The normalized spacial score (nSPS) is 21.3. The van der Waals surface area contributed by atoms with Gasteiger partial charge in [0.2, 0.25) is 0 Å². The second kappa shape index (κ2) is 7.36. The number of carboxylic acids is 1. The quantitative estimate of drug-likeness (QED) is 0.806. The summed E-state index contributed by atoms with van der Waals surface area (Å²) in [6.07, 6.45) is 5.22. The molecule has 0 radical (unpaired) electrons. The summed E-state index contributed by atoms with van der Waals surface area (Å²) in [6.45, 7) is 6.46. The molecule has 0 aliphatic carbocycles. The van der Waals surface area contributed by atoms with Gasteiger partial charge in [-0.15, -0.1) is 0 Å². The number of likely N-dealkylation sites (tertiary alicyclic amines) is 1. The van der Waals surface area contributed by atoms with Gasteiger partial charge >= 0.3 is 12.0 Å². The molecule has 5 heteroatoms. The third kappa shape index (κ3) is 4.40. The number of piperidine rings is 1. The highest BCUT2D eigenvalue weighted by Gasteiger charge is 2.30. The zero-order valence-electron chi connectivity index (χ0n) is 12.2. The fourth-order valence-corrected chi connectivity index (χ4v) is 2.63. The Labute approximate surface area is 115 Å². The molecule has 0 bridgehead atoms. The topological polar surface area (TPSA) is 69.6 Å². The van der Waals surface area contributed by atoms with Gasteiger partial charge in [0.25, 0.3) is 0 Å². The van der Waals surface area contributed by atoms with E-state index in [1.54, 1.807) is 13.8 Å². The smallest absolute Gasteiger partial charge is 0.326 e. The van der Waals surface area contributed by atoms with Crippen molar-refractivity contribution in [3.63, 3.8) is 0 Å². The number of aliphatic carboxylic acids is 1. The van der Waals surface area contributed by atoms with Gasteiger partial charge in [0.15, 0.2) is 0 Å². The van der Waals surface area contributed by atoms with E-state index >= 15 is 0 Å². The summed E-state index contributed by atoms with van der Waals surface area (Å²) in [5.41, 5.74) is 0. The lowest BCUT2D eigenvalue weighted by Gasteiger charge is -2.36. The highest BCUT2D eigenvalue weighted by Crippen LogP contribution is 2.21. The van der Waals surface area contributed by atoms with E-state index in [4.69, 9.17) is 5.11 Å².